The molecule has 1 saturated heterocycles. The molecule has 0 bridgehead atoms. The minimum absolute atomic E-state index is 0.139. The zero-order valence-corrected chi connectivity index (χ0v) is 17.4. The summed E-state index contributed by atoms with van der Waals surface area (Å²) < 4.78 is 5.21. The van der Waals surface area contributed by atoms with Gasteiger partial charge in [-0.2, -0.15) is 0 Å². The third-order valence-corrected chi connectivity index (χ3v) is 5.82. The first-order valence-corrected chi connectivity index (χ1v) is 10.2. The lowest BCUT2D eigenvalue weighted by Crippen LogP contribution is -2.30. The molecule has 152 valence electrons. The molecule has 0 spiro atoms. The van der Waals surface area contributed by atoms with Gasteiger partial charge in [-0.1, -0.05) is 54.1 Å². The average molecular weight is 420 g/mol. The molecule has 1 aliphatic heterocycles. The fraction of sp³-hybridized carbons (Fsp3) is 0.200. The quantitative estimate of drug-likeness (QED) is 0.418. The minimum Gasteiger partial charge on any atom is -0.497 e. The summed E-state index contributed by atoms with van der Waals surface area (Å²) in [4.78, 5) is 28.5. The van der Waals surface area contributed by atoms with Crippen LogP contribution >= 0.6 is 11.6 Å². The number of hydrogen-bond donors (Lipinski definition) is 0. The summed E-state index contributed by atoms with van der Waals surface area (Å²) in [6, 6.07) is 24.2. The molecule has 0 N–H and O–H groups in total. The number of carbonyl (C=O) groups excluding carboxylic acids is 2. The first-order valence-electron chi connectivity index (χ1n) is 9.83. The van der Waals surface area contributed by atoms with Crippen LogP contribution in [0.25, 0.3) is 0 Å². The predicted molar refractivity (Wildman–Crippen MR) is 117 cm³/mol. The van der Waals surface area contributed by atoms with Crippen LogP contribution in [0.1, 0.15) is 27.4 Å². The van der Waals surface area contributed by atoms with E-state index in [-0.39, 0.29) is 17.6 Å². The van der Waals surface area contributed by atoms with Crippen LogP contribution in [0, 0.1) is 5.92 Å². The highest BCUT2D eigenvalue weighted by atomic mass is 35.5. The van der Waals surface area contributed by atoms with E-state index in [1.165, 1.54) is 0 Å². The zero-order valence-electron chi connectivity index (χ0n) is 16.6. The molecule has 5 heteroatoms. The van der Waals surface area contributed by atoms with Gasteiger partial charge in [0.1, 0.15) is 11.7 Å². The van der Waals surface area contributed by atoms with E-state index >= 15 is 0 Å². The van der Waals surface area contributed by atoms with E-state index in [1.807, 2.05) is 54.6 Å². The van der Waals surface area contributed by atoms with Crippen molar-refractivity contribution in [3.05, 3.63) is 101 Å². The van der Waals surface area contributed by atoms with E-state index in [0.29, 0.717) is 23.7 Å². The second-order valence-corrected chi connectivity index (χ2v) is 7.87. The molecular weight excluding hydrogens is 398 g/mol. The van der Waals surface area contributed by atoms with Gasteiger partial charge in [-0.3, -0.25) is 9.59 Å². The number of amides is 1. The first kappa shape index (κ1) is 20.2. The maximum atomic E-state index is 13.4. The Morgan fingerprint density at radius 2 is 1.67 bits per heavy atom. The van der Waals surface area contributed by atoms with Gasteiger partial charge in [-0.15, -0.1) is 0 Å². The maximum absolute atomic E-state index is 13.4. The number of benzene rings is 3. The van der Waals surface area contributed by atoms with Crippen LogP contribution in [0.2, 0.25) is 5.02 Å². The molecule has 0 aromatic heterocycles. The number of nitrogens with zero attached hydrogens (tertiary/aromatic N) is 1. The number of ether oxygens (including phenoxy) is 1. The molecule has 2 atom stereocenters. The van der Waals surface area contributed by atoms with Crippen LogP contribution in [0.4, 0.5) is 0 Å². The molecule has 2 unspecified atom stereocenters. The topological polar surface area (TPSA) is 46.6 Å². The Balaban J connectivity index is 1.63. The van der Waals surface area contributed by atoms with Crippen LogP contribution in [0.5, 0.6) is 5.75 Å². The van der Waals surface area contributed by atoms with Crippen molar-refractivity contribution in [1.82, 2.24) is 4.90 Å². The fourth-order valence-corrected chi connectivity index (χ4v) is 4.11. The number of rotatable bonds is 6. The van der Waals surface area contributed by atoms with Crippen molar-refractivity contribution in [3.8, 4) is 5.75 Å². The van der Waals surface area contributed by atoms with E-state index in [9.17, 15) is 9.59 Å². The number of carbonyl (C=O) groups is 2. The first-order chi connectivity index (χ1) is 14.6. The summed E-state index contributed by atoms with van der Waals surface area (Å²) in [7, 11) is 1.62. The Morgan fingerprint density at radius 1 is 1.00 bits per heavy atom. The highest BCUT2D eigenvalue weighted by Gasteiger charge is 2.45. The van der Waals surface area contributed by atoms with Crippen LogP contribution in [0.15, 0.2) is 78.9 Å². The van der Waals surface area contributed by atoms with Gasteiger partial charge in [-0.25, -0.2) is 0 Å². The van der Waals surface area contributed by atoms with Crippen molar-refractivity contribution in [2.24, 2.45) is 5.92 Å². The van der Waals surface area contributed by atoms with Crippen LogP contribution in [0.3, 0.4) is 0 Å². The Hall–Kier alpha value is -3.11. The highest BCUT2D eigenvalue weighted by Crippen LogP contribution is 2.37. The molecule has 30 heavy (non-hydrogen) atoms. The predicted octanol–water partition coefficient (Wildman–Crippen LogP) is 4.97. The van der Waals surface area contributed by atoms with E-state index in [2.05, 4.69) is 0 Å². The zero-order chi connectivity index (χ0) is 21.1. The van der Waals surface area contributed by atoms with Gasteiger partial charge >= 0.3 is 0 Å². The molecule has 0 radical (unpaired) electrons. The highest BCUT2D eigenvalue weighted by molar-refractivity contribution is 6.30. The van der Waals surface area contributed by atoms with Gasteiger partial charge in [0.25, 0.3) is 0 Å². The van der Waals surface area contributed by atoms with E-state index in [1.54, 1.807) is 36.3 Å². The molecule has 4 rings (SSSR count). The lowest BCUT2D eigenvalue weighted by atomic mass is 9.83. The van der Waals surface area contributed by atoms with Gasteiger partial charge in [-0.05, 0) is 47.5 Å². The maximum Gasteiger partial charge on any atom is 0.234 e. The Labute approximate surface area is 181 Å². The van der Waals surface area contributed by atoms with Crippen molar-refractivity contribution in [1.29, 1.82) is 0 Å². The number of methoxy groups -OCH3 is 1. The fourth-order valence-electron chi connectivity index (χ4n) is 3.98. The van der Waals surface area contributed by atoms with Crippen molar-refractivity contribution in [2.75, 3.05) is 13.7 Å². The Kier molecular flexibility index (Phi) is 5.86. The summed E-state index contributed by atoms with van der Waals surface area (Å²) in [6.45, 7) is 0.954. The molecule has 0 saturated carbocycles. The second-order valence-electron chi connectivity index (χ2n) is 7.43. The van der Waals surface area contributed by atoms with Gasteiger partial charge < -0.3 is 9.64 Å². The molecule has 4 nitrogen and oxygen atoms in total. The lowest BCUT2D eigenvalue weighted by Gasteiger charge is -2.17. The number of likely N-dealkylation sites (tertiary alicyclic amines) is 1. The summed E-state index contributed by atoms with van der Waals surface area (Å²) in [5, 5.41) is 0.560. The normalized spacial score (nSPS) is 18.5. The lowest BCUT2D eigenvalue weighted by molar-refractivity contribution is -0.130. The number of hydrogen-bond acceptors (Lipinski definition) is 3. The smallest absolute Gasteiger partial charge is 0.234 e. The molecule has 1 fully saturated rings. The Bertz CT molecular complexity index is 1030. The standard InChI is InChI=1S/C25H22ClNO3/c1-30-21-13-7-17(8-14-21)15-27-16-22(18-5-3-2-4-6-18)23(25(27)29)24(28)19-9-11-20(26)12-10-19/h2-14,22-23H,15-16H2,1H3. The third-order valence-electron chi connectivity index (χ3n) is 5.57. The number of Topliss-reactive ketones (excluding diaryl/α,β-unsaturated/α-hetero) is 1. The van der Waals surface area contributed by atoms with E-state index < -0.39 is 5.92 Å². The average Bonchev–Trinajstić information content (AvgIpc) is 3.11. The Morgan fingerprint density at radius 3 is 2.30 bits per heavy atom. The van der Waals surface area contributed by atoms with Gasteiger partial charge in [0.2, 0.25) is 5.91 Å². The van der Waals surface area contributed by atoms with Crippen LogP contribution in [-0.4, -0.2) is 30.2 Å². The summed E-state index contributed by atoms with van der Waals surface area (Å²) in [6.07, 6.45) is 0. The number of ketones is 1. The van der Waals surface area contributed by atoms with Crippen LogP contribution in [-0.2, 0) is 11.3 Å². The van der Waals surface area contributed by atoms with Crippen molar-refractivity contribution in [3.63, 3.8) is 0 Å². The van der Waals surface area contributed by atoms with Crippen molar-refractivity contribution >= 4 is 23.3 Å². The third kappa shape index (κ3) is 4.10. The molecule has 3 aromatic rings. The van der Waals surface area contributed by atoms with Crippen molar-refractivity contribution < 1.29 is 14.3 Å². The van der Waals surface area contributed by atoms with Gasteiger partial charge in [0.15, 0.2) is 5.78 Å². The molecule has 1 aliphatic rings. The van der Waals surface area contributed by atoms with E-state index in [0.717, 1.165) is 16.9 Å². The van der Waals surface area contributed by atoms with Gasteiger partial charge in [0.05, 0.1) is 7.11 Å². The van der Waals surface area contributed by atoms with Crippen molar-refractivity contribution in [2.45, 2.75) is 12.5 Å². The SMILES string of the molecule is COc1ccc(CN2CC(c3ccccc3)C(C(=O)c3ccc(Cl)cc3)C2=O)cc1. The minimum atomic E-state index is -0.744. The number of halogens is 1. The second kappa shape index (κ2) is 8.72. The molecule has 0 aliphatic carbocycles. The summed E-state index contributed by atoms with van der Waals surface area (Å²) in [5.41, 5.74) is 2.50. The van der Waals surface area contributed by atoms with Gasteiger partial charge in [0, 0.05) is 29.6 Å². The largest absolute Gasteiger partial charge is 0.497 e. The molecule has 3 aromatic carbocycles. The molecule has 1 heterocycles. The summed E-state index contributed by atoms with van der Waals surface area (Å²) in [5.74, 6) is -0.473. The van der Waals surface area contributed by atoms with Crippen LogP contribution < -0.4 is 4.74 Å². The summed E-state index contributed by atoms with van der Waals surface area (Å²) >= 11 is 5.97. The molecular formula is C25H22ClNO3. The van der Waals surface area contributed by atoms with E-state index in [4.69, 9.17) is 16.3 Å². The molecule has 1 amide bonds. The monoisotopic (exact) mass is 419 g/mol.